The number of halogens is 15. The van der Waals surface area contributed by atoms with Crippen molar-refractivity contribution < 1.29 is 88.6 Å². The van der Waals surface area contributed by atoms with E-state index in [-0.39, 0.29) is 13.0 Å². The van der Waals surface area contributed by atoms with Crippen molar-refractivity contribution in [1.82, 2.24) is 0 Å². The van der Waals surface area contributed by atoms with Crippen LogP contribution >= 0.6 is 34.4 Å². The Morgan fingerprint density at radius 2 is 1.38 bits per heavy atom. The van der Waals surface area contributed by atoms with Crippen molar-refractivity contribution in [3.63, 3.8) is 0 Å². The maximum Gasteiger partial charge on any atom is 0.460 e. The van der Waals surface area contributed by atoms with E-state index in [2.05, 4.69) is 0 Å². The molecule has 3 aliphatic rings. The Bertz CT molecular complexity index is 1620. The summed E-state index contributed by atoms with van der Waals surface area (Å²) in [5.41, 5.74) is -4.89. The molecule has 0 spiro atoms. The summed E-state index contributed by atoms with van der Waals surface area (Å²) in [5.74, 6) is -1.72. The molecule has 2 aliphatic carbocycles. The van der Waals surface area contributed by atoms with E-state index in [0.29, 0.717) is 18.6 Å². The topological polar surface area (TPSA) is 82.1 Å². The predicted molar refractivity (Wildman–Crippen MR) is 152 cm³/mol. The first-order valence-corrected chi connectivity index (χ1v) is 17.0. The first-order chi connectivity index (χ1) is 22.5. The fourth-order valence-electron chi connectivity index (χ4n) is 6.15. The summed E-state index contributed by atoms with van der Waals surface area (Å²) < 4.78 is 214. The molecule has 1 N–H and O–H groups in total. The van der Waals surface area contributed by atoms with Gasteiger partial charge in [0, 0.05) is 38.8 Å². The van der Waals surface area contributed by atoms with Crippen LogP contribution in [-0.2, 0) is 19.6 Å². The summed E-state index contributed by atoms with van der Waals surface area (Å²) >= 11 is 1.09. The standard InChI is InChI=1S/C23H20F6O2S.C4HF8IO4S/c24-22(25,26)21(23(27,28)29)18-14-10-11-20(12-14,19(18)31-21)13-30-16-8-4-5-9-17(16)32-15-6-2-1-3-7-15;5-1(6,13)2(7,8)17-3(9,10)4(11,12)18(14,15)16/h1-9,14,18-19H,10-13H2;(H,14,15,16). The van der Waals surface area contributed by atoms with Crippen molar-refractivity contribution in [1.29, 1.82) is 0 Å². The Balaban J connectivity index is 0.000000268. The smallest absolute Gasteiger partial charge is 0.460 e. The van der Waals surface area contributed by atoms with Gasteiger partial charge in [0.25, 0.3) is 5.60 Å². The van der Waals surface area contributed by atoms with Crippen LogP contribution in [0.15, 0.2) is 64.4 Å². The lowest BCUT2D eigenvalue weighted by atomic mass is 9.64. The Kier molecular flexibility index (Phi) is 10.8. The van der Waals surface area contributed by atoms with Crippen molar-refractivity contribution in [2.24, 2.45) is 17.3 Å². The molecular formula is C27H21F14IO6S2. The number of hydrogen-bond acceptors (Lipinski definition) is 6. The average molecular weight is 898 g/mol. The number of hydrogen-bond donors (Lipinski definition) is 1. The molecule has 1 saturated heterocycles. The number of rotatable bonds is 10. The maximum atomic E-state index is 13.6. The molecule has 50 heavy (non-hydrogen) atoms. The molecule has 1 aliphatic heterocycles. The molecule has 3 fully saturated rings. The van der Waals surface area contributed by atoms with E-state index in [9.17, 15) is 69.9 Å². The minimum atomic E-state index is -6.87. The molecule has 4 unspecified atom stereocenters. The molecule has 2 bridgehead atoms. The molecule has 0 amide bonds. The summed E-state index contributed by atoms with van der Waals surface area (Å²) in [6, 6.07) is 16.9. The molecule has 0 radical (unpaired) electrons. The highest BCUT2D eigenvalue weighted by Crippen LogP contribution is 2.73. The number of fused-ring (bicyclic) bond motifs is 5. The van der Waals surface area contributed by atoms with Crippen molar-refractivity contribution >= 4 is 44.5 Å². The highest BCUT2D eigenvalue weighted by Gasteiger charge is 2.88. The van der Waals surface area contributed by atoms with Crippen molar-refractivity contribution in [3.05, 3.63) is 54.6 Å². The van der Waals surface area contributed by atoms with Gasteiger partial charge in [0.2, 0.25) is 0 Å². The third-order valence-corrected chi connectivity index (χ3v) is 10.9. The largest absolute Gasteiger partial charge is 0.492 e. The van der Waals surface area contributed by atoms with Gasteiger partial charge in [-0.15, -0.1) is 0 Å². The molecule has 2 saturated carbocycles. The number of alkyl halides is 15. The van der Waals surface area contributed by atoms with Crippen LogP contribution < -0.4 is 4.74 Å². The van der Waals surface area contributed by atoms with E-state index in [1.807, 2.05) is 47.2 Å². The summed E-state index contributed by atoms with van der Waals surface area (Å²) in [6.45, 7) is 0.0306. The van der Waals surface area contributed by atoms with E-state index in [0.717, 1.165) is 9.79 Å². The zero-order valence-electron chi connectivity index (χ0n) is 24.2. The normalized spacial score (nSPS) is 25.3. The van der Waals surface area contributed by atoms with Crippen LogP contribution in [-0.4, -0.2) is 65.0 Å². The van der Waals surface area contributed by atoms with E-state index >= 15 is 0 Å². The molecule has 2 aromatic rings. The van der Waals surface area contributed by atoms with Gasteiger partial charge in [-0.1, -0.05) is 42.1 Å². The highest BCUT2D eigenvalue weighted by atomic mass is 127. The number of benzene rings is 2. The molecule has 23 heteroatoms. The van der Waals surface area contributed by atoms with Gasteiger partial charge in [-0.25, -0.2) is 4.74 Å². The van der Waals surface area contributed by atoms with Crippen LogP contribution in [0.5, 0.6) is 5.75 Å². The van der Waals surface area contributed by atoms with Gasteiger partial charge in [0.15, 0.2) is 0 Å². The quantitative estimate of drug-likeness (QED) is 0.110. The first kappa shape index (κ1) is 40.9. The molecule has 5 rings (SSSR count). The average Bonchev–Trinajstić information content (AvgIpc) is 3.43. The van der Waals surface area contributed by atoms with E-state index in [1.54, 1.807) is 12.1 Å². The minimum Gasteiger partial charge on any atom is -0.492 e. The van der Waals surface area contributed by atoms with Crippen molar-refractivity contribution in [2.75, 3.05) is 6.61 Å². The van der Waals surface area contributed by atoms with Gasteiger partial charge in [-0.05, 0) is 49.4 Å². The maximum absolute atomic E-state index is 13.6. The molecule has 282 valence electrons. The lowest BCUT2D eigenvalue weighted by Crippen LogP contribution is -2.77. The van der Waals surface area contributed by atoms with E-state index in [1.165, 1.54) is 11.8 Å². The SMILES string of the molecule is FC(F)(F)C1(C(F)(F)F)OC2C1C1CCC2(COc2ccccc2Sc2ccccc2)C1.O=S(=O)(O)C(F)(F)C(F)(F)OC(F)(F)C(F)(F)I. The predicted octanol–water partition coefficient (Wildman–Crippen LogP) is 9.59. The Hall–Kier alpha value is -1.83. The van der Waals surface area contributed by atoms with E-state index in [4.69, 9.17) is 14.0 Å². The van der Waals surface area contributed by atoms with Crippen LogP contribution in [0.2, 0.25) is 0 Å². The second-order valence-electron chi connectivity index (χ2n) is 11.4. The second kappa shape index (κ2) is 13.2. The fourth-order valence-corrected chi connectivity index (χ4v) is 7.52. The summed E-state index contributed by atoms with van der Waals surface area (Å²) in [5, 5.41) is -6.54. The van der Waals surface area contributed by atoms with Crippen LogP contribution in [0.25, 0.3) is 0 Å². The molecule has 2 aromatic carbocycles. The Morgan fingerprint density at radius 1 is 0.840 bits per heavy atom. The number of para-hydroxylation sites is 1. The zero-order chi connectivity index (χ0) is 38.0. The van der Waals surface area contributed by atoms with Crippen LogP contribution in [0.1, 0.15) is 19.3 Å². The summed E-state index contributed by atoms with van der Waals surface area (Å²) in [7, 11) is -6.87. The Morgan fingerprint density at radius 3 is 1.90 bits per heavy atom. The van der Waals surface area contributed by atoms with Gasteiger partial charge in [0.05, 0.1) is 17.6 Å². The summed E-state index contributed by atoms with van der Waals surface area (Å²) in [6.07, 6.45) is -23.7. The molecular weight excluding hydrogens is 877 g/mol. The first-order valence-electron chi connectivity index (χ1n) is 13.7. The van der Waals surface area contributed by atoms with Gasteiger partial charge in [-0.3, -0.25) is 4.55 Å². The third kappa shape index (κ3) is 7.23. The summed E-state index contributed by atoms with van der Waals surface area (Å²) in [4.78, 5) is 1.82. The third-order valence-electron chi connectivity index (χ3n) is 8.33. The van der Waals surface area contributed by atoms with Gasteiger partial charge < -0.3 is 9.47 Å². The highest BCUT2D eigenvalue weighted by molar-refractivity contribution is 14.1. The molecule has 6 nitrogen and oxygen atoms in total. The minimum absolute atomic E-state index is 0.0306. The monoisotopic (exact) mass is 898 g/mol. The fraction of sp³-hybridized carbons (Fsp3) is 0.556. The molecule has 4 atom stereocenters. The van der Waals surface area contributed by atoms with Gasteiger partial charge in [0.1, 0.15) is 5.75 Å². The zero-order valence-corrected chi connectivity index (χ0v) is 28.0. The van der Waals surface area contributed by atoms with Crippen molar-refractivity contribution in [3.8, 4) is 5.75 Å². The Labute approximate surface area is 291 Å². The van der Waals surface area contributed by atoms with Gasteiger partial charge in [-0.2, -0.15) is 69.9 Å². The number of ether oxygens (including phenoxy) is 3. The van der Waals surface area contributed by atoms with Crippen molar-refractivity contribution in [2.45, 2.75) is 74.5 Å². The van der Waals surface area contributed by atoms with Crippen LogP contribution in [0, 0.1) is 17.3 Å². The lowest BCUT2D eigenvalue weighted by molar-refractivity contribution is -0.476. The molecule has 1 heterocycles. The lowest BCUT2D eigenvalue weighted by Gasteiger charge is -2.59. The van der Waals surface area contributed by atoms with Gasteiger partial charge >= 0.3 is 43.9 Å². The molecule has 0 aromatic heterocycles. The second-order valence-corrected chi connectivity index (χ2v) is 15.4. The van der Waals surface area contributed by atoms with Crippen LogP contribution in [0.3, 0.4) is 0 Å². The van der Waals surface area contributed by atoms with E-state index < -0.39 is 95.4 Å². The van der Waals surface area contributed by atoms with Crippen LogP contribution in [0.4, 0.5) is 61.5 Å².